The van der Waals surface area contributed by atoms with Gasteiger partial charge in [0.05, 0.1) is 12.1 Å². The van der Waals surface area contributed by atoms with Gasteiger partial charge < -0.3 is 0 Å². The summed E-state index contributed by atoms with van der Waals surface area (Å²) in [7, 11) is 1.86. The Bertz CT molecular complexity index is 617. The number of aryl methyl sites for hydroxylation is 3. The summed E-state index contributed by atoms with van der Waals surface area (Å²) in [4.78, 5) is 12.2. The molecule has 0 radical (unpaired) electrons. The van der Waals surface area contributed by atoms with E-state index in [9.17, 15) is 4.79 Å². The monoisotopic (exact) mass is 276 g/mol. The van der Waals surface area contributed by atoms with Crippen LogP contribution in [0.15, 0.2) is 24.3 Å². The molecule has 1 aromatic carbocycles. The first-order valence-electron chi connectivity index (χ1n) is 6.32. The van der Waals surface area contributed by atoms with Gasteiger partial charge in [0.2, 0.25) is 0 Å². The standard InChI is InChI=1S/C15H17ClN2O/c1-4-12-8-13(18(3)17-12)9-15(19)11-6-5-10(2)14(16)7-11/h5-8H,4,9H2,1-3H3. The maximum Gasteiger partial charge on any atom is 0.168 e. The summed E-state index contributed by atoms with van der Waals surface area (Å²) >= 11 is 6.05. The molecule has 0 aliphatic rings. The summed E-state index contributed by atoms with van der Waals surface area (Å²) in [5.41, 5.74) is 3.56. The average molecular weight is 277 g/mol. The molecule has 2 aromatic rings. The molecule has 0 aliphatic carbocycles. The first kappa shape index (κ1) is 13.8. The van der Waals surface area contributed by atoms with Gasteiger partial charge in [0.25, 0.3) is 0 Å². The molecule has 0 aliphatic heterocycles. The van der Waals surface area contributed by atoms with Crippen LogP contribution in [0.4, 0.5) is 0 Å². The Morgan fingerprint density at radius 3 is 2.68 bits per heavy atom. The Morgan fingerprint density at radius 1 is 1.37 bits per heavy atom. The molecule has 100 valence electrons. The van der Waals surface area contributed by atoms with Crippen molar-refractivity contribution in [3.63, 3.8) is 0 Å². The van der Waals surface area contributed by atoms with Gasteiger partial charge in [-0.15, -0.1) is 0 Å². The molecule has 3 nitrogen and oxygen atoms in total. The molecule has 1 aromatic heterocycles. The highest BCUT2D eigenvalue weighted by Gasteiger charge is 2.12. The minimum atomic E-state index is 0.0625. The number of benzene rings is 1. The maximum atomic E-state index is 12.2. The number of hydrogen-bond acceptors (Lipinski definition) is 2. The average Bonchev–Trinajstić information content (AvgIpc) is 2.73. The molecule has 0 bridgehead atoms. The highest BCUT2D eigenvalue weighted by atomic mass is 35.5. The number of rotatable bonds is 4. The zero-order chi connectivity index (χ0) is 14.0. The molecule has 0 N–H and O–H groups in total. The highest BCUT2D eigenvalue weighted by molar-refractivity contribution is 6.31. The van der Waals surface area contributed by atoms with Crippen LogP contribution in [0.5, 0.6) is 0 Å². The van der Waals surface area contributed by atoms with Crippen LogP contribution in [0.25, 0.3) is 0 Å². The molecule has 0 amide bonds. The van der Waals surface area contributed by atoms with E-state index in [1.54, 1.807) is 10.7 Å². The number of ketones is 1. The van der Waals surface area contributed by atoms with Gasteiger partial charge in [0.15, 0.2) is 5.78 Å². The van der Waals surface area contributed by atoms with Gasteiger partial charge >= 0.3 is 0 Å². The van der Waals surface area contributed by atoms with Crippen LogP contribution in [0.2, 0.25) is 5.02 Å². The summed E-state index contributed by atoms with van der Waals surface area (Å²) in [5, 5.41) is 4.98. The number of hydrogen-bond donors (Lipinski definition) is 0. The predicted molar refractivity (Wildman–Crippen MR) is 76.8 cm³/mol. The van der Waals surface area contributed by atoms with Crippen LogP contribution in [-0.2, 0) is 19.9 Å². The van der Waals surface area contributed by atoms with Gasteiger partial charge in [-0.2, -0.15) is 5.10 Å². The second-order valence-corrected chi connectivity index (χ2v) is 5.08. The van der Waals surface area contributed by atoms with E-state index >= 15 is 0 Å². The molecule has 19 heavy (non-hydrogen) atoms. The summed E-state index contributed by atoms with van der Waals surface area (Å²) in [6, 6.07) is 7.40. The minimum Gasteiger partial charge on any atom is -0.294 e. The summed E-state index contributed by atoms with van der Waals surface area (Å²) < 4.78 is 1.77. The van der Waals surface area contributed by atoms with Crippen molar-refractivity contribution in [3.8, 4) is 0 Å². The van der Waals surface area contributed by atoms with E-state index in [1.807, 2.05) is 39.1 Å². The van der Waals surface area contributed by atoms with Gasteiger partial charge in [-0.3, -0.25) is 9.48 Å². The molecule has 0 atom stereocenters. The lowest BCUT2D eigenvalue weighted by molar-refractivity contribution is 0.0991. The number of carbonyl (C=O) groups excluding carboxylic acids is 1. The van der Waals surface area contributed by atoms with Gasteiger partial charge in [-0.05, 0) is 31.0 Å². The third-order valence-corrected chi connectivity index (χ3v) is 3.63. The first-order chi connectivity index (χ1) is 9.01. The largest absolute Gasteiger partial charge is 0.294 e. The smallest absolute Gasteiger partial charge is 0.168 e. The SMILES string of the molecule is CCc1cc(CC(=O)c2ccc(C)c(Cl)c2)n(C)n1. The lowest BCUT2D eigenvalue weighted by Gasteiger charge is -2.04. The Labute approximate surface area is 118 Å². The molecule has 1 heterocycles. The molecule has 4 heteroatoms. The molecular formula is C15H17ClN2O. The zero-order valence-electron chi connectivity index (χ0n) is 11.4. The Hall–Kier alpha value is -1.61. The molecule has 0 saturated carbocycles. The lowest BCUT2D eigenvalue weighted by Crippen LogP contribution is -2.08. The van der Waals surface area contributed by atoms with Crippen LogP contribution in [0.1, 0.15) is 34.2 Å². The molecule has 2 rings (SSSR count). The topological polar surface area (TPSA) is 34.9 Å². The quantitative estimate of drug-likeness (QED) is 0.803. The Kier molecular flexibility index (Phi) is 4.05. The van der Waals surface area contributed by atoms with Crippen LogP contribution in [0, 0.1) is 6.92 Å². The van der Waals surface area contributed by atoms with Crippen molar-refractivity contribution in [1.29, 1.82) is 0 Å². The van der Waals surface area contributed by atoms with E-state index in [4.69, 9.17) is 11.6 Å². The molecule has 0 spiro atoms. The number of Topliss-reactive ketones (excluding diaryl/α,β-unsaturated/α-hetero) is 1. The fourth-order valence-electron chi connectivity index (χ4n) is 1.94. The summed E-state index contributed by atoms with van der Waals surface area (Å²) in [6.07, 6.45) is 1.22. The van der Waals surface area contributed by atoms with Crippen LogP contribution >= 0.6 is 11.6 Å². The fourth-order valence-corrected chi connectivity index (χ4v) is 2.12. The molecule has 0 unspecified atom stereocenters. The van der Waals surface area contributed by atoms with Crippen molar-refractivity contribution >= 4 is 17.4 Å². The minimum absolute atomic E-state index is 0.0625. The van der Waals surface area contributed by atoms with E-state index in [1.165, 1.54) is 0 Å². The van der Waals surface area contributed by atoms with E-state index < -0.39 is 0 Å². The normalized spacial score (nSPS) is 10.7. The van der Waals surface area contributed by atoms with E-state index in [0.717, 1.165) is 23.4 Å². The highest BCUT2D eigenvalue weighted by Crippen LogP contribution is 2.18. The third-order valence-electron chi connectivity index (χ3n) is 3.23. The van der Waals surface area contributed by atoms with Crippen LogP contribution in [-0.4, -0.2) is 15.6 Å². The van der Waals surface area contributed by atoms with Gasteiger partial charge in [0, 0.05) is 23.3 Å². The second kappa shape index (κ2) is 5.57. The van der Waals surface area contributed by atoms with Crippen molar-refractivity contribution < 1.29 is 4.79 Å². The Balaban J connectivity index is 2.20. The Morgan fingerprint density at radius 2 is 2.11 bits per heavy atom. The number of halogens is 1. The van der Waals surface area contributed by atoms with Gasteiger partial charge in [0.1, 0.15) is 0 Å². The predicted octanol–water partition coefficient (Wildman–Crippen LogP) is 3.37. The lowest BCUT2D eigenvalue weighted by atomic mass is 10.0. The van der Waals surface area contributed by atoms with E-state index in [-0.39, 0.29) is 5.78 Å². The maximum absolute atomic E-state index is 12.2. The third kappa shape index (κ3) is 3.04. The van der Waals surface area contributed by atoms with E-state index in [2.05, 4.69) is 5.10 Å². The zero-order valence-corrected chi connectivity index (χ0v) is 12.2. The second-order valence-electron chi connectivity index (χ2n) is 4.67. The number of nitrogens with zero attached hydrogens (tertiary/aromatic N) is 2. The number of carbonyl (C=O) groups is 1. The van der Waals surface area contributed by atoms with Gasteiger partial charge in [-0.25, -0.2) is 0 Å². The van der Waals surface area contributed by atoms with Crippen LogP contribution in [0.3, 0.4) is 0 Å². The van der Waals surface area contributed by atoms with Crippen molar-refractivity contribution in [1.82, 2.24) is 9.78 Å². The van der Waals surface area contributed by atoms with Crippen LogP contribution < -0.4 is 0 Å². The number of aromatic nitrogens is 2. The first-order valence-corrected chi connectivity index (χ1v) is 6.70. The summed E-state index contributed by atoms with van der Waals surface area (Å²) in [6.45, 7) is 3.97. The van der Waals surface area contributed by atoms with Crippen molar-refractivity contribution in [2.24, 2.45) is 7.05 Å². The van der Waals surface area contributed by atoms with Gasteiger partial charge in [-0.1, -0.05) is 30.7 Å². The fraction of sp³-hybridized carbons (Fsp3) is 0.333. The summed E-state index contributed by atoms with van der Waals surface area (Å²) in [5.74, 6) is 0.0625. The van der Waals surface area contributed by atoms with E-state index in [0.29, 0.717) is 17.0 Å². The van der Waals surface area contributed by atoms with Crippen molar-refractivity contribution in [3.05, 3.63) is 51.8 Å². The van der Waals surface area contributed by atoms with Crippen molar-refractivity contribution in [2.75, 3.05) is 0 Å². The molecule has 0 saturated heterocycles. The van der Waals surface area contributed by atoms with Crippen molar-refractivity contribution in [2.45, 2.75) is 26.7 Å². The molecule has 0 fully saturated rings. The molecular weight excluding hydrogens is 260 g/mol.